The molecule has 0 radical (unpaired) electrons. The Morgan fingerprint density at radius 1 is 1.11 bits per heavy atom. The quantitative estimate of drug-likeness (QED) is 0.306. The second kappa shape index (κ2) is 9.81. The fourth-order valence-electron chi connectivity index (χ4n) is 4.49. The van der Waals surface area contributed by atoms with Gasteiger partial charge in [0.15, 0.2) is 35.1 Å². The molecule has 4 atom stereocenters. The number of hydrogen-bond acceptors (Lipinski definition) is 9. The van der Waals surface area contributed by atoms with Crippen molar-refractivity contribution in [2.24, 2.45) is 0 Å². The predicted molar refractivity (Wildman–Crippen MR) is 132 cm³/mol. The lowest BCUT2D eigenvalue weighted by Gasteiger charge is -2.17. The first-order chi connectivity index (χ1) is 17.7. The van der Waals surface area contributed by atoms with Gasteiger partial charge in [0.1, 0.15) is 18.0 Å². The van der Waals surface area contributed by atoms with Crippen molar-refractivity contribution in [1.29, 1.82) is 0 Å². The number of anilines is 1. The zero-order valence-corrected chi connectivity index (χ0v) is 20.4. The molecule has 192 valence electrons. The summed E-state index contributed by atoms with van der Waals surface area (Å²) >= 11 is 0. The highest BCUT2D eigenvalue weighted by Gasteiger charge is 2.47. The standard InChI is InChI=1S/C25H26FN7O4/c1-12-4-13(2)6-14(5-12)8-29-22-17-23(32-21(31-22)15-7-16(26)10-28-9-15)33(11-30-17)25-19(35)18(34)20(37-25)24(36)27-3/h4-7,9-11,18-20,25,34-35H,8H2,1-3H3,(H,27,36)(H,29,31,32)/t18-,19+,20-,25-/m0/s1. The number of likely N-dealkylation sites (N-methyl/N-ethyl adjacent to an activating group) is 1. The lowest BCUT2D eigenvalue weighted by molar-refractivity contribution is -0.137. The minimum atomic E-state index is -1.46. The molecule has 37 heavy (non-hydrogen) atoms. The van der Waals surface area contributed by atoms with Crippen molar-refractivity contribution < 1.29 is 24.1 Å². The van der Waals surface area contributed by atoms with Crippen LogP contribution in [0.4, 0.5) is 10.2 Å². The number of amides is 1. The average Bonchev–Trinajstić information content (AvgIpc) is 3.42. The molecule has 1 aliphatic rings. The molecule has 12 heteroatoms. The Balaban J connectivity index is 1.58. The Kier molecular flexibility index (Phi) is 6.54. The average molecular weight is 508 g/mol. The molecule has 11 nitrogen and oxygen atoms in total. The van der Waals surface area contributed by atoms with Crippen LogP contribution in [0.3, 0.4) is 0 Å². The zero-order chi connectivity index (χ0) is 26.3. The van der Waals surface area contributed by atoms with Gasteiger partial charge < -0.3 is 25.6 Å². The fourth-order valence-corrected chi connectivity index (χ4v) is 4.49. The minimum Gasteiger partial charge on any atom is -0.387 e. The number of aryl methyl sites for hydroxylation is 2. The van der Waals surface area contributed by atoms with Crippen molar-refractivity contribution >= 4 is 22.9 Å². The van der Waals surface area contributed by atoms with Crippen LogP contribution in [0, 0.1) is 19.7 Å². The number of aromatic nitrogens is 5. The van der Waals surface area contributed by atoms with Crippen LogP contribution >= 0.6 is 0 Å². The summed E-state index contributed by atoms with van der Waals surface area (Å²) in [5, 5.41) is 26.8. The number of nitrogens with zero attached hydrogens (tertiary/aromatic N) is 5. The van der Waals surface area contributed by atoms with E-state index < -0.39 is 36.3 Å². The number of hydrogen-bond donors (Lipinski definition) is 4. The van der Waals surface area contributed by atoms with Crippen LogP contribution in [-0.4, -0.2) is 66.0 Å². The number of carbonyl (C=O) groups excluding carboxylic acids is 1. The van der Waals surface area contributed by atoms with E-state index in [0.29, 0.717) is 23.4 Å². The number of halogens is 1. The van der Waals surface area contributed by atoms with E-state index in [9.17, 15) is 19.4 Å². The Morgan fingerprint density at radius 3 is 2.57 bits per heavy atom. The maximum absolute atomic E-state index is 14.0. The topological polar surface area (TPSA) is 147 Å². The van der Waals surface area contributed by atoms with E-state index in [-0.39, 0.29) is 11.5 Å². The van der Waals surface area contributed by atoms with E-state index in [2.05, 4.69) is 48.8 Å². The summed E-state index contributed by atoms with van der Waals surface area (Å²) in [4.78, 5) is 29.6. The third-order valence-corrected chi connectivity index (χ3v) is 6.14. The van der Waals surface area contributed by atoms with Crippen LogP contribution in [-0.2, 0) is 16.1 Å². The van der Waals surface area contributed by atoms with Gasteiger partial charge in [-0.05, 0) is 25.5 Å². The summed E-state index contributed by atoms with van der Waals surface area (Å²) in [5.74, 6) is -0.584. The highest BCUT2D eigenvalue weighted by molar-refractivity contribution is 5.85. The van der Waals surface area contributed by atoms with Crippen LogP contribution in [0.2, 0.25) is 0 Å². The van der Waals surface area contributed by atoms with Crippen molar-refractivity contribution in [3.05, 3.63) is 65.5 Å². The molecule has 1 amide bonds. The maximum Gasteiger partial charge on any atom is 0.251 e. The number of rotatable bonds is 6. The van der Waals surface area contributed by atoms with Gasteiger partial charge in [0.05, 0.1) is 12.5 Å². The van der Waals surface area contributed by atoms with Gasteiger partial charge in [-0.2, -0.15) is 0 Å². The van der Waals surface area contributed by atoms with E-state index in [4.69, 9.17) is 4.74 Å². The molecule has 4 aromatic rings. The molecule has 1 saturated heterocycles. The molecule has 0 bridgehead atoms. The van der Waals surface area contributed by atoms with Gasteiger partial charge in [0.2, 0.25) is 0 Å². The van der Waals surface area contributed by atoms with Crippen molar-refractivity contribution in [3.63, 3.8) is 0 Å². The molecule has 4 heterocycles. The van der Waals surface area contributed by atoms with Gasteiger partial charge in [-0.3, -0.25) is 14.3 Å². The van der Waals surface area contributed by atoms with Gasteiger partial charge in [-0.15, -0.1) is 0 Å². The molecule has 4 N–H and O–H groups in total. The molecule has 1 fully saturated rings. The first-order valence-corrected chi connectivity index (χ1v) is 11.6. The summed E-state index contributed by atoms with van der Waals surface area (Å²) in [6, 6.07) is 7.44. The van der Waals surface area contributed by atoms with E-state index >= 15 is 0 Å². The molecule has 0 spiro atoms. The number of aliphatic hydroxyl groups is 2. The molecular weight excluding hydrogens is 481 g/mol. The van der Waals surface area contributed by atoms with E-state index in [1.807, 2.05) is 13.8 Å². The van der Waals surface area contributed by atoms with Crippen LogP contribution in [0.25, 0.3) is 22.6 Å². The minimum absolute atomic E-state index is 0.167. The normalized spacial score (nSPS) is 21.4. The van der Waals surface area contributed by atoms with Gasteiger partial charge in [0, 0.05) is 25.4 Å². The smallest absolute Gasteiger partial charge is 0.251 e. The first-order valence-electron chi connectivity index (χ1n) is 11.6. The third-order valence-electron chi connectivity index (χ3n) is 6.14. The molecule has 0 saturated carbocycles. The number of imidazole rings is 1. The summed E-state index contributed by atoms with van der Waals surface area (Å²) in [7, 11) is 1.41. The molecule has 0 unspecified atom stereocenters. The number of aliphatic hydroxyl groups excluding tert-OH is 2. The summed E-state index contributed by atoms with van der Waals surface area (Å²) in [6.45, 7) is 4.47. The number of nitrogens with one attached hydrogen (secondary N) is 2. The van der Waals surface area contributed by atoms with Crippen molar-refractivity contribution in [3.8, 4) is 11.4 Å². The fraction of sp³-hybridized carbons (Fsp3) is 0.320. The summed E-state index contributed by atoms with van der Waals surface area (Å²) in [5.41, 5.74) is 4.23. The van der Waals surface area contributed by atoms with E-state index in [1.165, 1.54) is 30.2 Å². The number of carbonyl (C=O) groups is 1. The van der Waals surface area contributed by atoms with Crippen LogP contribution in [0.15, 0.2) is 43.0 Å². The number of fused-ring (bicyclic) bond motifs is 1. The Bertz CT molecular complexity index is 1460. The SMILES string of the molecule is CNC(=O)[C@H]1O[C@H](n2cnc3c(NCc4cc(C)cc(C)c4)nc(-c4cncc(F)c4)nc32)[C@H](O)[C@@H]1O. The summed E-state index contributed by atoms with van der Waals surface area (Å²) in [6.07, 6.45) is -1.42. The summed E-state index contributed by atoms with van der Waals surface area (Å²) < 4.78 is 21.1. The largest absolute Gasteiger partial charge is 0.387 e. The van der Waals surface area contributed by atoms with Crippen LogP contribution < -0.4 is 10.6 Å². The molecule has 0 aliphatic carbocycles. The van der Waals surface area contributed by atoms with Crippen molar-refractivity contribution in [1.82, 2.24) is 29.8 Å². The maximum atomic E-state index is 14.0. The van der Waals surface area contributed by atoms with Crippen LogP contribution in [0.5, 0.6) is 0 Å². The third kappa shape index (κ3) is 4.73. The Morgan fingerprint density at radius 2 is 1.86 bits per heavy atom. The monoisotopic (exact) mass is 507 g/mol. The number of benzene rings is 1. The highest BCUT2D eigenvalue weighted by atomic mass is 19.1. The number of ether oxygens (including phenoxy) is 1. The lowest BCUT2D eigenvalue weighted by Crippen LogP contribution is -2.41. The van der Waals surface area contributed by atoms with E-state index in [1.54, 1.807) is 0 Å². The van der Waals surface area contributed by atoms with Crippen LogP contribution in [0.1, 0.15) is 22.9 Å². The zero-order valence-electron chi connectivity index (χ0n) is 20.4. The second-order valence-electron chi connectivity index (χ2n) is 9.00. The molecule has 1 aliphatic heterocycles. The molecular formula is C25H26FN7O4. The van der Waals surface area contributed by atoms with Crippen molar-refractivity contribution in [2.45, 2.75) is 44.9 Å². The van der Waals surface area contributed by atoms with Gasteiger partial charge in [-0.1, -0.05) is 29.3 Å². The van der Waals surface area contributed by atoms with E-state index in [0.717, 1.165) is 22.9 Å². The Labute approximate surface area is 211 Å². The predicted octanol–water partition coefficient (Wildman–Crippen LogP) is 1.62. The van der Waals surface area contributed by atoms with Gasteiger partial charge in [0.25, 0.3) is 5.91 Å². The lowest BCUT2D eigenvalue weighted by atomic mass is 10.1. The molecule has 5 rings (SSSR count). The number of pyridine rings is 1. The van der Waals surface area contributed by atoms with Gasteiger partial charge >= 0.3 is 0 Å². The molecule has 3 aromatic heterocycles. The van der Waals surface area contributed by atoms with Crippen molar-refractivity contribution in [2.75, 3.05) is 12.4 Å². The second-order valence-corrected chi connectivity index (χ2v) is 9.00. The molecule has 1 aromatic carbocycles. The van der Waals surface area contributed by atoms with Gasteiger partial charge in [-0.25, -0.2) is 19.3 Å². The Hall–Kier alpha value is -4.00. The highest BCUT2D eigenvalue weighted by Crippen LogP contribution is 2.33. The first kappa shape index (κ1) is 24.7.